The maximum absolute atomic E-state index is 12.7. The van der Waals surface area contributed by atoms with Crippen LogP contribution in [-0.2, 0) is 34.2 Å². The molecule has 178 valence electrons. The quantitative estimate of drug-likeness (QED) is 0.269. The second-order valence-electron chi connectivity index (χ2n) is 9.20. The lowest BCUT2D eigenvalue weighted by Gasteiger charge is -2.35. The third-order valence-electron chi connectivity index (χ3n) is 6.32. The Labute approximate surface area is 192 Å². The SMILES string of the molecule is CCC(C)(C)C(=O)OCCOC(=O)CCC(=O)OC1(c2ccccc2)CCCCCCC1. The van der Waals surface area contributed by atoms with Crippen molar-refractivity contribution >= 4 is 17.9 Å². The average Bonchev–Trinajstić information content (AvgIpc) is 2.77. The summed E-state index contributed by atoms with van der Waals surface area (Å²) in [5, 5.41) is 0. The summed E-state index contributed by atoms with van der Waals surface area (Å²) in [6, 6.07) is 9.93. The molecule has 0 saturated heterocycles. The maximum atomic E-state index is 12.7. The van der Waals surface area contributed by atoms with Crippen molar-refractivity contribution in [1.29, 1.82) is 0 Å². The third kappa shape index (κ3) is 7.95. The van der Waals surface area contributed by atoms with Crippen LogP contribution in [0.3, 0.4) is 0 Å². The number of ether oxygens (including phenoxy) is 3. The van der Waals surface area contributed by atoms with E-state index in [2.05, 4.69) is 0 Å². The smallest absolute Gasteiger partial charge is 0.311 e. The van der Waals surface area contributed by atoms with Crippen molar-refractivity contribution in [2.45, 2.75) is 90.6 Å². The van der Waals surface area contributed by atoms with Gasteiger partial charge < -0.3 is 14.2 Å². The standard InChI is InChI=1S/C26H38O6/c1-4-25(2,3)24(29)31-20-19-30-22(27)15-16-23(28)32-26(21-13-9-8-10-14-21)17-11-6-5-7-12-18-26/h8-10,13-14H,4-7,11-12,15-20H2,1-3H3. The summed E-state index contributed by atoms with van der Waals surface area (Å²) in [4.78, 5) is 36.6. The minimum Gasteiger partial charge on any atom is -0.462 e. The zero-order chi connectivity index (χ0) is 23.5. The van der Waals surface area contributed by atoms with Gasteiger partial charge in [0.15, 0.2) is 0 Å². The van der Waals surface area contributed by atoms with Crippen molar-refractivity contribution < 1.29 is 28.6 Å². The molecule has 6 heteroatoms. The van der Waals surface area contributed by atoms with E-state index in [1.165, 1.54) is 6.42 Å². The van der Waals surface area contributed by atoms with E-state index in [0.717, 1.165) is 44.1 Å². The first-order valence-corrected chi connectivity index (χ1v) is 11.9. The van der Waals surface area contributed by atoms with Gasteiger partial charge in [0.2, 0.25) is 0 Å². The van der Waals surface area contributed by atoms with Crippen LogP contribution in [0.4, 0.5) is 0 Å². The molecule has 2 rings (SSSR count). The lowest BCUT2D eigenvalue weighted by Crippen LogP contribution is -2.33. The van der Waals surface area contributed by atoms with E-state index >= 15 is 0 Å². The maximum Gasteiger partial charge on any atom is 0.311 e. The molecule has 1 saturated carbocycles. The topological polar surface area (TPSA) is 78.9 Å². The number of carbonyl (C=O) groups is 3. The van der Waals surface area contributed by atoms with Crippen LogP contribution in [0.5, 0.6) is 0 Å². The van der Waals surface area contributed by atoms with Gasteiger partial charge in [0, 0.05) is 0 Å². The van der Waals surface area contributed by atoms with E-state index in [-0.39, 0.29) is 38.0 Å². The number of rotatable bonds is 10. The van der Waals surface area contributed by atoms with Gasteiger partial charge in [-0.1, -0.05) is 56.5 Å². The van der Waals surface area contributed by atoms with E-state index < -0.39 is 17.0 Å². The predicted octanol–water partition coefficient (Wildman–Crippen LogP) is 5.47. The van der Waals surface area contributed by atoms with Crippen molar-refractivity contribution in [3.05, 3.63) is 35.9 Å². The van der Waals surface area contributed by atoms with Crippen LogP contribution in [0, 0.1) is 5.41 Å². The van der Waals surface area contributed by atoms with Gasteiger partial charge in [0.1, 0.15) is 18.8 Å². The molecule has 1 aromatic rings. The first kappa shape index (κ1) is 25.9. The fraction of sp³-hybridized carbons (Fsp3) is 0.654. The van der Waals surface area contributed by atoms with Crippen molar-refractivity contribution in [3.63, 3.8) is 0 Å². The lowest BCUT2D eigenvalue weighted by atomic mass is 9.81. The molecule has 32 heavy (non-hydrogen) atoms. The Balaban J connectivity index is 1.81. The van der Waals surface area contributed by atoms with E-state index in [0.29, 0.717) is 6.42 Å². The first-order valence-electron chi connectivity index (χ1n) is 11.9. The van der Waals surface area contributed by atoms with Crippen LogP contribution in [0.15, 0.2) is 30.3 Å². The first-order chi connectivity index (χ1) is 15.3. The van der Waals surface area contributed by atoms with E-state index in [1.54, 1.807) is 0 Å². The molecular formula is C26H38O6. The number of carbonyl (C=O) groups excluding carboxylic acids is 3. The Kier molecular flexibility index (Phi) is 10.2. The summed E-state index contributed by atoms with van der Waals surface area (Å²) < 4.78 is 16.3. The summed E-state index contributed by atoms with van der Waals surface area (Å²) >= 11 is 0. The zero-order valence-electron chi connectivity index (χ0n) is 19.8. The normalized spacial score (nSPS) is 16.3. The Morgan fingerprint density at radius 1 is 0.844 bits per heavy atom. The average molecular weight is 447 g/mol. The van der Waals surface area contributed by atoms with E-state index in [9.17, 15) is 14.4 Å². The van der Waals surface area contributed by atoms with Crippen molar-refractivity contribution in [1.82, 2.24) is 0 Å². The summed E-state index contributed by atoms with van der Waals surface area (Å²) in [5.74, 6) is -1.20. The molecule has 0 heterocycles. The van der Waals surface area contributed by atoms with Gasteiger partial charge in [-0.25, -0.2) is 0 Å². The molecule has 0 N–H and O–H groups in total. The number of hydrogen-bond acceptors (Lipinski definition) is 6. The molecule has 0 aliphatic heterocycles. The van der Waals surface area contributed by atoms with Gasteiger partial charge in [-0.05, 0) is 51.5 Å². The van der Waals surface area contributed by atoms with Gasteiger partial charge in [-0.2, -0.15) is 0 Å². The molecule has 0 radical (unpaired) electrons. The zero-order valence-corrected chi connectivity index (χ0v) is 19.8. The summed E-state index contributed by atoms with van der Waals surface area (Å²) in [5.41, 5.74) is -0.155. The molecule has 0 atom stereocenters. The molecular weight excluding hydrogens is 408 g/mol. The lowest BCUT2D eigenvalue weighted by molar-refractivity contribution is -0.166. The highest BCUT2D eigenvalue weighted by Crippen LogP contribution is 2.39. The molecule has 0 unspecified atom stereocenters. The fourth-order valence-electron chi connectivity index (χ4n) is 3.84. The van der Waals surface area contributed by atoms with Crippen LogP contribution >= 0.6 is 0 Å². The molecule has 1 aromatic carbocycles. The minimum atomic E-state index is -0.622. The van der Waals surface area contributed by atoms with Crippen molar-refractivity contribution in [3.8, 4) is 0 Å². The summed E-state index contributed by atoms with van der Waals surface area (Å²) in [7, 11) is 0. The Hall–Kier alpha value is -2.37. The van der Waals surface area contributed by atoms with Crippen LogP contribution in [0.1, 0.15) is 90.5 Å². The summed E-state index contributed by atoms with van der Waals surface area (Å²) in [6.07, 6.45) is 7.69. The van der Waals surface area contributed by atoms with E-state index in [1.807, 2.05) is 51.1 Å². The Bertz CT molecular complexity index is 732. The highest BCUT2D eigenvalue weighted by molar-refractivity contribution is 5.78. The second kappa shape index (κ2) is 12.6. The van der Waals surface area contributed by atoms with Gasteiger partial charge in [0.25, 0.3) is 0 Å². The molecule has 0 aromatic heterocycles. The fourth-order valence-corrected chi connectivity index (χ4v) is 3.84. The van der Waals surface area contributed by atoms with Crippen molar-refractivity contribution in [2.24, 2.45) is 5.41 Å². The molecule has 0 spiro atoms. The minimum absolute atomic E-state index is 0.00949. The Morgan fingerprint density at radius 2 is 1.41 bits per heavy atom. The largest absolute Gasteiger partial charge is 0.462 e. The Morgan fingerprint density at radius 3 is 2.03 bits per heavy atom. The molecule has 1 aliphatic carbocycles. The van der Waals surface area contributed by atoms with E-state index in [4.69, 9.17) is 14.2 Å². The highest BCUT2D eigenvalue weighted by atomic mass is 16.6. The van der Waals surface area contributed by atoms with Gasteiger partial charge in [-0.15, -0.1) is 0 Å². The van der Waals surface area contributed by atoms with Crippen LogP contribution in [-0.4, -0.2) is 31.1 Å². The molecule has 6 nitrogen and oxygen atoms in total. The third-order valence-corrected chi connectivity index (χ3v) is 6.32. The monoisotopic (exact) mass is 446 g/mol. The molecule has 0 bridgehead atoms. The predicted molar refractivity (Wildman–Crippen MR) is 122 cm³/mol. The molecule has 1 aliphatic rings. The number of esters is 3. The van der Waals surface area contributed by atoms with Gasteiger partial charge >= 0.3 is 17.9 Å². The number of hydrogen-bond donors (Lipinski definition) is 0. The number of benzene rings is 1. The highest BCUT2D eigenvalue weighted by Gasteiger charge is 2.36. The molecule has 1 fully saturated rings. The van der Waals surface area contributed by atoms with Crippen molar-refractivity contribution in [2.75, 3.05) is 13.2 Å². The van der Waals surface area contributed by atoms with Crippen LogP contribution in [0.2, 0.25) is 0 Å². The summed E-state index contributed by atoms with van der Waals surface area (Å²) in [6.45, 7) is 5.53. The van der Waals surface area contributed by atoms with Gasteiger partial charge in [-0.3, -0.25) is 14.4 Å². The molecule has 0 amide bonds. The van der Waals surface area contributed by atoms with Gasteiger partial charge in [0.05, 0.1) is 18.3 Å². The van der Waals surface area contributed by atoms with Crippen LogP contribution in [0.25, 0.3) is 0 Å². The second-order valence-corrected chi connectivity index (χ2v) is 9.20. The van der Waals surface area contributed by atoms with Crippen LogP contribution < -0.4 is 0 Å².